The monoisotopic (exact) mass is 2530 g/mol. The first kappa shape index (κ1) is 85.3. The molecule has 12 aromatic heterocycles. The molecule has 5 radical (unpaired) electrons. The van der Waals surface area contributed by atoms with E-state index in [0.717, 1.165) is 94.6 Å². The smallest absolute Gasteiger partial charge is 0.296 e. The fourth-order valence-corrected chi connectivity index (χ4v) is 18.7. The van der Waals surface area contributed by atoms with Crippen molar-refractivity contribution in [1.82, 2.24) is 51.3 Å². The summed E-state index contributed by atoms with van der Waals surface area (Å²) >= 11 is 0. The number of halogens is 1. The Hall–Kier alpha value is -12.5. The van der Waals surface area contributed by atoms with Gasteiger partial charge < -0.3 is 22.0 Å². The third kappa shape index (κ3) is 14.2. The molecule has 1 aliphatic rings. The quantitative estimate of drug-likeness (QED) is 0.0976. The van der Waals surface area contributed by atoms with Crippen LogP contribution in [0.15, 0.2) is 347 Å². The predicted octanol–water partition coefficient (Wildman–Crippen LogP) is 25.9. The van der Waals surface area contributed by atoms with Crippen molar-refractivity contribution in [3.05, 3.63) is 399 Å². The van der Waals surface area contributed by atoms with Gasteiger partial charge in [0.15, 0.2) is 11.0 Å². The summed E-state index contributed by atoms with van der Waals surface area (Å²) in [4.78, 5) is 23.0. The van der Waals surface area contributed by atoms with E-state index < -0.39 is 0 Å². The molecule has 1 aliphatic heterocycles. The van der Waals surface area contributed by atoms with Crippen LogP contribution in [0.25, 0.3) is 197 Å². The van der Waals surface area contributed by atoms with Gasteiger partial charge >= 0.3 is 0 Å². The van der Waals surface area contributed by atoms with E-state index in [9.17, 15) is 4.39 Å². The van der Waals surface area contributed by atoms with Crippen molar-refractivity contribution in [2.24, 2.45) is 0 Å². The van der Waals surface area contributed by atoms with Gasteiger partial charge in [0.25, 0.3) is 5.65 Å². The molecular formula is C109H73FIr5N12-4. The molecule has 0 unspecified atom stereocenters. The van der Waals surface area contributed by atoms with Gasteiger partial charge in [-0.25, -0.2) is 4.57 Å². The van der Waals surface area contributed by atoms with Gasteiger partial charge in [0, 0.05) is 187 Å². The Morgan fingerprint density at radius 3 is 1.21 bits per heavy atom. The minimum Gasteiger partial charge on any atom is -0.340 e. The molecular weight excluding hydrogens is 2460 g/mol. The second-order valence-electron chi connectivity index (χ2n) is 31.8. The number of nitrogens with zero attached hydrogens (tertiary/aromatic N) is 12. The molecule has 0 saturated heterocycles. The standard InChI is InChI=1S/C22H17N2.C20H13N2.C19H11N2.C18H15N2.C15H8FN2.C15H9N2.5Ir/c1-14(2)15-11-12-19-21(13-15)24-20-10-6-5-8-17(20)16-7-3-4-9-18(16)22(24)23-19;1-2-9-16-14(7-1)15-8-5-6-13-12-21-17-10-3-4-11-18(17)22(16)20(21)19(13)15;1-2-9-15-13(7-1)14-8-3-5-11-17(14)21-18-12-6-4-10-16(18)20-19(15)21;1-12(2)13-7-8-17-16(11-13)14-5-3-4-6-15(14)18-19-9-10-20(17)18;16-10-5-6-12-13(9-10)11-3-1-2-4-14(11)18-8-7-17-15(12)18;1-2-7-13-11(5-1)12-6-3-4-8-14(12)17-10-9-16-15(13)17;;;;;/h3-8,10-14H,1-2H3;1-11H,12H2;1-8,10-12H;3-5,7-12H,1-2H3;1-5,7-9H;1-6,8-10H;;;;;/q-1;+1;4*-1;;;;;. The number of hydrogen-bond acceptors (Lipinski definition) is 5. The average Bonchev–Trinajstić information content (AvgIpc) is 1.53. The Bertz CT molecular complexity index is 8910. The largest absolute Gasteiger partial charge is 0.340 e. The molecule has 127 heavy (non-hydrogen) atoms. The van der Waals surface area contributed by atoms with Crippen molar-refractivity contribution in [3.63, 3.8) is 0 Å². The zero-order valence-corrected chi connectivity index (χ0v) is 80.7. The van der Waals surface area contributed by atoms with Gasteiger partial charge in [-0.1, -0.05) is 212 Å². The maximum Gasteiger partial charge on any atom is 0.296 e. The van der Waals surface area contributed by atoms with Gasteiger partial charge in [-0.05, 0) is 123 Å². The molecule has 13 heterocycles. The van der Waals surface area contributed by atoms with Crippen LogP contribution in [0.1, 0.15) is 56.2 Å². The average molecular weight is 2530 g/mol. The summed E-state index contributed by atoms with van der Waals surface area (Å²) in [6.07, 6.45) is 11.4. The van der Waals surface area contributed by atoms with E-state index in [1.807, 2.05) is 114 Å². The first-order valence-electron chi connectivity index (χ1n) is 41.3. The normalized spacial score (nSPS) is 11.6. The Kier molecular flexibility index (Phi) is 23.5. The molecule has 12 nitrogen and oxygen atoms in total. The number of imidazole rings is 6. The third-order valence-corrected chi connectivity index (χ3v) is 24.3. The zero-order chi connectivity index (χ0) is 81.4. The zero-order valence-electron chi connectivity index (χ0n) is 68.7. The minimum absolute atomic E-state index is 0. The molecule has 28 rings (SSSR count). The van der Waals surface area contributed by atoms with Gasteiger partial charge in [-0.2, -0.15) is 4.40 Å². The summed E-state index contributed by atoms with van der Waals surface area (Å²) in [5, 5.41) is 21.0. The molecule has 0 aliphatic carbocycles. The van der Waals surface area contributed by atoms with Crippen molar-refractivity contribution in [2.45, 2.75) is 46.1 Å². The molecule has 0 N–H and O–H groups in total. The van der Waals surface area contributed by atoms with Crippen LogP contribution in [0.3, 0.4) is 0 Å². The molecule has 0 spiro atoms. The third-order valence-electron chi connectivity index (χ3n) is 24.3. The second-order valence-corrected chi connectivity index (χ2v) is 31.8. The van der Waals surface area contributed by atoms with Gasteiger partial charge in [-0.3, -0.25) is 29.3 Å². The van der Waals surface area contributed by atoms with Crippen LogP contribution in [-0.2, 0) is 107 Å². The first-order valence-corrected chi connectivity index (χ1v) is 41.3. The maximum absolute atomic E-state index is 13.4. The van der Waals surface area contributed by atoms with Gasteiger partial charge in [0.05, 0.1) is 55.7 Å². The maximum atomic E-state index is 13.4. The number of pyridine rings is 6. The molecule has 625 valence electrons. The Morgan fingerprint density at radius 1 is 0.307 bits per heavy atom. The topological polar surface area (TPSA) is 94.8 Å². The predicted molar refractivity (Wildman–Crippen MR) is 498 cm³/mol. The van der Waals surface area contributed by atoms with Gasteiger partial charge in [-0.15, -0.1) is 137 Å². The summed E-state index contributed by atoms with van der Waals surface area (Å²) in [6, 6.07) is 123. The Labute approximate surface area is 795 Å². The molecule has 0 fully saturated rings. The molecule has 15 aromatic carbocycles. The van der Waals surface area contributed by atoms with Gasteiger partial charge in [0.1, 0.15) is 12.1 Å². The van der Waals surface area contributed by atoms with E-state index in [1.165, 1.54) is 132 Å². The second kappa shape index (κ2) is 35.0. The first-order chi connectivity index (χ1) is 60.1. The summed E-state index contributed by atoms with van der Waals surface area (Å²) in [7, 11) is 0. The van der Waals surface area contributed by atoms with Crippen LogP contribution in [0.2, 0.25) is 0 Å². The summed E-state index contributed by atoms with van der Waals surface area (Å²) in [5.41, 5.74) is 24.3. The van der Waals surface area contributed by atoms with Crippen molar-refractivity contribution in [2.75, 3.05) is 0 Å². The molecule has 27 aromatic rings. The Balaban J connectivity index is 0.000000103. The van der Waals surface area contributed by atoms with E-state index in [4.69, 9.17) is 9.97 Å². The van der Waals surface area contributed by atoms with Crippen LogP contribution in [0.4, 0.5) is 4.39 Å². The van der Waals surface area contributed by atoms with Crippen LogP contribution >= 0.6 is 0 Å². The molecule has 0 saturated carbocycles. The number of fused-ring (bicyclic) bond motifs is 40. The minimum atomic E-state index is -0.274. The van der Waals surface area contributed by atoms with Crippen LogP contribution in [-0.4, -0.2) is 51.3 Å². The number of para-hydroxylation sites is 9. The number of aromatic nitrogens is 12. The van der Waals surface area contributed by atoms with Gasteiger partial charge in [0.2, 0.25) is 0 Å². The van der Waals surface area contributed by atoms with Crippen molar-refractivity contribution < 1.29 is 109 Å². The summed E-state index contributed by atoms with van der Waals surface area (Å²) in [6.45, 7) is 9.88. The SMILES string of the molecule is CC(C)c1ccc2c(c1)c1ccc[c-]c1c1nccn21.CC(C)c1ccc2nc3c4[c-]cccc4c4ccccc4n3c2c1.Fc1c[c-]c2c(c1)c1ccccc1n1ccnc21.[Ir].[Ir].[Ir].[Ir].[Ir].[c-]1cccc2c1c1nc3ccccc3n1c1ccccc21.[c-]1cccc2c1c1nccn1c1ccccc21.c1cc2c3c(c1)c1ccccc1n1c4ccccc4[n+](c31)C2. The summed E-state index contributed by atoms with van der Waals surface area (Å²) in [5.74, 6) is 0.752. The van der Waals surface area contributed by atoms with E-state index in [0.29, 0.717) is 11.8 Å². The van der Waals surface area contributed by atoms with Crippen molar-refractivity contribution in [1.29, 1.82) is 0 Å². The van der Waals surface area contributed by atoms with E-state index in [2.05, 4.69) is 318 Å². The van der Waals surface area contributed by atoms with E-state index in [1.54, 1.807) is 12.3 Å². The Morgan fingerprint density at radius 2 is 0.685 bits per heavy atom. The van der Waals surface area contributed by atoms with Crippen LogP contribution in [0.5, 0.6) is 0 Å². The van der Waals surface area contributed by atoms with Crippen LogP contribution in [0, 0.1) is 36.1 Å². The summed E-state index contributed by atoms with van der Waals surface area (Å²) < 4.78 is 29.1. The van der Waals surface area contributed by atoms with E-state index in [-0.39, 0.29) is 106 Å². The van der Waals surface area contributed by atoms with Crippen LogP contribution < -0.4 is 4.57 Å². The molecule has 0 atom stereocenters. The molecule has 18 heteroatoms. The molecule has 0 amide bonds. The van der Waals surface area contributed by atoms with Crippen molar-refractivity contribution >= 4 is 197 Å². The van der Waals surface area contributed by atoms with Crippen molar-refractivity contribution in [3.8, 4) is 0 Å². The fourth-order valence-electron chi connectivity index (χ4n) is 18.7. The fraction of sp³-hybridized carbons (Fsp3) is 0.0642. The molecule has 0 bridgehead atoms. The number of hydrogen-bond donors (Lipinski definition) is 0. The van der Waals surface area contributed by atoms with E-state index >= 15 is 0 Å². The number of benzene rings is 15. The number of rotatable bonds is 2.